The fourth-order valence-electron chi connectivity index (χ4n) is 2.24. The van der Waals surface area contributed by atoms with Crippen molar-refractivity contribution in [2.75, 3.05) is 27.9 Å². The van der Waals surface area contributed by atoms with Crippen LogP contribution < -0.4 is 9.47 Å². The zero-order valence-electron chi connectivity index (χ0n) is 12.4. The second-order valence-electron chi connectivity index (χ2n) is 4.38. The van der Waals surface area contributed by atoms with E-state index in [1.165, 1.54) is 33.5 Å². The number of esters is 1. The Balaban J connectivity index is 2.71. The highest BCUT2D eigenvalue weighted by Crippen LogP contribution is 2.39. The molecule has 0 saturated carbocycles. The molecule has 1 aliphatic heterocycles. The zero-order valence-corrected chi connectivity index (χ0v) is 12.4. The molecule has 1 aliphatic rings. The van der Waals surface area contributed by atoms with Gasteiger partial charge in [-0.2, -0.15) is 0 Å². The molecule has 22 heavy (non-hydrogen) atoms. The largest absolute Gasteiger partial charge is 0.495 e. The number of hydrogen-bond acceptors (Lipinski definition) is 7. The molecule has 0 bridgehead atoms. The maximum Gasteiger partial charge on any atom is 0.337 e. The molecule has 0 N–H and O–H groups in total. The van der Waals surface area contributed by atoms with Crippen molar-refractivity contribution in [1.29, 1.82) is 0 Å². The van der Waals surface area contributed by atoms with E-state index in [1.807, 2.05) is 0 Å². The number of methoxy groups -OCH3 is 3. The van der Waals surface area contributed by atoms with E-state index >= 15 is 0 Å². The van der Waals surface area contributed by atoms with Crippen molar-refractivity contribution in [2.24, 2.45) is 0 Å². The number of carbonyl (C=O) groups is 1. The van der Waals surface area contributed by atoms with Crippen LogP contribution in [-0.4, -0.2) is 38.8 Å². The van der Waals surface area contributed by atoms with Crippen LogP contribution in [0.15, 0.2) is 17.7 Å². The Morgan fingerprint density at radius 1 is 1.23 bits per heavy atom. The van der Waals surface area contributed by atoms with Crippen molar-refractivity contribution < 1.29 is 28.7 Å². The Kier molecular flexibility index (Phi) is 4.50. The van der Waals surface area contributed by atoms with E-state index in [9.17, 15) is 14.9 Å². The van der Waals surface area contributed by atoms with Crippen molar-refractivity contribution in [3.8, 4) is 11.5 Å². The van der Waals surface area contributed by atoms with Crippen LogP contribution in [0.25, 0.3) is 5.76 Å². The van der Waals surface area contributed by atoms with Gasteiger partial charge in [-0.1, -0.05) is 0 Å². The van der Waals surface area contributed by atoms with E-state index in [0.29, 0.717) is 12.2 Å². The highest BCUT2D eigenvalue weighted by Gasteiger charge is 2.30. The Hall–Kier alpha value is -2.77. The summed E-state index contributed by atoms with van der Waals surface area (Å²) in [6, 6.07) is 2.64. The van der Waals surface area contributed by atoms with Crippen molar-refractivity contribution >= 4 is 17.4 Å². The first-order valence-electron chi connectivity index (χ1n) is 6.38. The Morgan fingerprint density at radius 3 is 2.32 bits per heavy atom. The minimum atomic E-state index is -0.572. The summed E-state index contributed by atoms with van der Waals surface area (Å²) in [5, 5.41) is 11.3. The minimum Gasteiger partial charge on any atom is -0.495 e. The second kappa shape index (κ2) is 6.33. The van der Waals surface area contributed by atoms with Gasteiger partial charge in [-0.3, -0.25) is 10.1 Å². The number of ether oxygens (including phenoxy) is 4. The van der Waals surface area contributed by atoms with E-state index in [1.54, 1.807) is 0 Å². The Labute approximate surface area is 126 Å². The summed E-state index contributed by atoms with van der Waals surface area (Å²) in [7, 11) is 4.14. The molecule has 1 fully saturated rings. The lowest BCUT2D eigenvalue weighted by Crippen LogP contribution is -2.05. The predicted octanol–water partition coefficient (Wildman–Crippen LogP) is 1.92. The molecule has 1 saturated heterocycles. The van der Waals surface area contributed by atoms with Gasteiger partial charge in [-0.15, -0.1) is 0 Å². The topological polar surface area (TPSA) is 97.1 Å². The van der Waals surface area contributed by atoms with Gasteiger partial charge in [0.2, 0.25) is 0 Å². The zero-order chi connectivity index (χ0) is 16.3. The standard InChI is InChI=1S/C14H15NO7/c1-19-11-6-9(10(15(17)18)7-12(11)20-2)13(21-3)8-4-5-22-14(8)16/h6-7H,4-5H2,1-3H3/b13-8+. The molecular weight excluding hydrogens is 294 g/mol. The van der Waals surface area contributed by atoms with Crippen LogP contribution in [0.3, 0.4) is 0 Å². The average molecular weight is 309 g/mol. The highest BCUT2D eigenvalue weighted by atomic mass is 16.6. The molecule has 118 valence electrons. The fraction of sp³-hybridized carbons (Fsp3) is 0.357. The van der Waals surface area contributed by atoms with Gasteiger partial charge < -0.3 is 18.9 Å². The lowest BCUT2D eigenvalue weighted by atomic mass is 10.0. The summed E-state index contributed by atoms with van der Waals surface area (Å²) >= 11 is 0. The normalized spacial score (nSPS) is 16.0. The van der Waals surface area contributed by atoms with E-state index < -0.39 is 10.9 Å². The SMILES string of the molecule is CO/C(=C1\CCOC1=O)c1cc(OC)c(OC)cc1[N+](=O)[O-]. The van der Waals surface area contributed by atoms with Crippen LogP contribution in [0.4, 0.5) is 5.69 Å². The number of nitrogens with zero attached hydrogens (tertiary/aromatic N) is 1. The molecule has 0 atom stereocenters. The molecule has 0 amide bonds. The van der Waals surface area contributed by atoms with E-state index in [2.05, 4.69) is 0 Å². The van der Waals surface area contributed by atoms with Gasteiger partial charge in [0.1, 0.15) is 5.76 Å². The molecule has 0 unspecified atom stereocenters. The van der Waals surface area contributed by atoms with Crippen LogP contribution in [0.1, 0.15) is 12.0 Å². The molecular formula is C14H15NO7. The van der Waals surface area contributed by atoms with Crippen LogP contribution in [0.2, 0.25) is 0 Å². The summed E-state index contributed by atoms with van der Waals surface area (Å²) in [5.74, 6) is 0.0769. The van der Waals surface area contributed by atoms with Crippen molar-refractivity contribution in [1.82, 2.24) is 0 Å². The van der Waals surface area contributed by atoms with Crippen LogP contribution in [0, 0.1) is 10.1 Å². The molecule has 8 nitrogen and oxygen atoms in total. The summed E-state index contributed by atoms with van der Waals surface area (Å²) < 4.78 is 20.3. The highest BCUT2D eigenvalue weighted by molar-refractivity contribution is 5.98. The number of cyclic esters (lactones) is 1. The average Bonchev–Trinajstić information content (AvgIpc) is 2.93. The van der Waals surface area contributed by atoms with Crippen LogP contribution in [-0.2, 0) is 14.3 Å². The summed E-state index contributed by atoms with van der Waals surface area (Å²) in [4.78, 5) is 22.5. The van der Waals surface area contributed by atoms with Gasteiger partial charge in [-0.05, 0) is 0 Å². The lowest BCUT2D eigenvalue weighted by Gasteiger charge is -2.13. The van der Waals surface area contributed by atoms with Gasteiger partial charge in [-0.25, -0.2) is 4.79 Å². The summed E-state index contributed by atoms with van der Waals surface area (Å²) in [5.41, 5.74) is 0.151. The molecule has 0 spiro atoms. The Morgan fingerprint density at radius 2 is 1.86 bits per heavy atom. The molecule has 0 aromatic heterocycles. The number of nitro benzene ring substituents is 1. The first-order valence-corrected chi connectivity index (χ1v) is 6.38. The Bertz CT molecular complexity index is 651. The molecule has 1 aromatic rings. The molecule has 0 aliphatic carbocycles. The molecule has 1 aromatic carbocycles. The number of benzene rings is 1. The monoisotopic (exact) mass is 309 g/mol. The quantitative estimate of drug-likeness (QED) is 0.269. The number of nitro groups is 1. The van der Waals surface area contributed by atoms with Crippen LogP contribution >= 0.6 is 0 Å². The number of carbonyl (C=O) groups excluding carboxylic acids is 1. The third kappa shape index (κ3) is 2.67. The predicted molar refractivity (Wildman–Crippen MR) is 75.7 cm³/mol. The molecule has 8 heteroatoms. The molecule has 2 rings (SSSR count). The number of rotatable bonds is 5. The summed E-state index contributed by atoms with van der Waals surface area (Å²) in [6.45, 7) is 0.224. The third-order valence-corrected chi connectivity index (χ3v) is 3.25. The van der Waals surface area contributed by atoms with E-state index in [4.69, 9.17) is 18.9 Å². The van der Waals surface area contributed by atoms with Gasteiger partial charge in [0.25, 0.3) is 5.69 Å². The third-order valence-electron chi connectivity index (χ3n) is 3.25. The van der Waals surface area contributed by atoms with E-state index in [0.717, 1.165) is 0 Å². The number of hydrogen-bond donors (Lipinski definition) is 0. The van der Waals surface area contributed by atoms with E-state index in [-0.39, 0.29) is 34.9 Å². The maximum atomic E-state index is 11.7. The van der Waals surface area contributed by atoms with Gasteiger partial charge in [0, 0.05) is 12.5 Å². The molecule has 0 radical (unpaired) electrons. The maximum absolute atomic E-state index is 11.7. The fourth-order valence-corrected chi connectivity index (χ4v) is 2.24. The first-order chi connectivity index (χ1) is 10.5. The van der Waals surface area contributed by atoms with Crippen molar-refractivity contribution in [3.63, 3.8) is 0 Å². The minimum absolute atomic E-state index is 0.107. The van der Waals surface area contributed by atoms with Crippen LogP contribution in [0.5, 0.6) is 11.5 Å². The van der Waals surface area contributed by atoms with Gasteiger partial charge in [0.05, 0.1) is 50.1 Å². The van der Waals surface area contributed by atoms with Gasteiger partial charge in [0.15, 0.2) is 11.5 Å². The van der Waals surface area contributed by atoms with Gasteiger partial charge >= 0.3 is 5.97 Å². The molecule has 1 heterocycles. The van der Waals surface area contributed by atoms with Crippen molar-refractivity contribution in [2.45, 2.75) is 6.42 Å². The smallest absolute Gasteiger partial charge is 0.337 e. The lowest BCUT2D eigenvalue weighted by molar-refractivity contribution is -0.385. The summed E-state index contributed by atoms with van der Waals surface area (Å²) in [6.07, 6.45) is 0.327. The van der Waals surface area contributed by atoms with Crippen molar-refractivity contribution in [3.05, 3.63) is 33.4 Å². The second-order valence-corrected chi connectivity index (χ2v) is 4.38. The first kappa shape index (κ1) is 15.6.